The summed E-state index contributed by atoms with van der Waals surface area (Å²) in [5.41, 5.74) is 0.421. The number of aromatic nitrogens is 2. The molecule has 166 valence electrons. The summed E-state index contributed by atoms with van der Waals surface area (Å²) >= 11 is 5.45. The van der Waals surface area contributed by atoms with Gasteiger partial charge in [0.05, 0.1) is 17.8 Å². The Balaban J connectivity index is 1.40. The van der Waals surface area contributed by atoms with Crippen molar-refractivity contribution in [1.82, 2.24) is 14.0 Å². The van der Waals surface area contributed by atoms with E-state index in [1.54, 1.807) is 15.5 Å². The highest BCUT2D eigenvalue weighted by Crippen LogP contribution is 2.49. The van der Waals surface area contributed by atoms with Crippen molar-refractivity contribution in [3.8, 4) is 11.6 Å². The third-order valence-corrected chi connectivity index (χ3v) is 6.86. The zero-order valence-corrected chi connectivity index (χ0v) is 18.0. The first kappa shape index (κ1) is 19.9. The number of halogens is 2. The predicted octanol–water partition coefficient (Wildman–Crippen LogP) is 4.47. The number of para-hydroxylation sites is 1. The average molecular weight is 464 g/mol. The highest BCUT2D eigenvalue weighted by Gasteiger charge is 2.48. The molecule has 0 aliphatic carbocycles. The minimum atomic E-state index is -0.747. The number of fused-ring (bicyclic) bond motifs is 6. The van der Waals surface area contributed by atoms with Crippen LogP contribution in [-0.4, -0.2) is 30.8 Å². The van der Waals surface area contributed by atoms with Gasteiger partial charge in [-0.1, -0.05) is 42.5 Å². The molecule has 6 nitrogen and oxygen atoms in total. The molecule has 2 aliphatic heterocycles. The SMILES string of the molecule is O=c1n(-c2cccc3ccccc23)c(O)c2n1[C@@H]1CC2N(C(=S)Nc2c(F)cccc2F)C1. The minimum Gasteiger partial charge on any atom is -0.493 e. The lowest BCUT2D eigenvalue weighted by Gasteiger charge is -2.30. The van der Waals surface area contributed by atoms with E-state index in [-0.39, 0.29) is 34.5 Å². The Hall–Kier alpha value is -3.72. The lowest BCUT2D eigenvalue weighted by atomic mass is 10.1. The molecule has 4 aromatic rings. The summed E-state index contributed by atoms with van der Waals surface area (Å²) in [4.78, 5) is 15.1. The first-order valence-corrected chi connectivity index (χ1v) is 10.9. The van der Waals surface area contributed by atoms with Gasteiger partial charge in [0.15, 0.2) is 5.11 Å². The molecule has 2 bridgehead atoms. The van der Waals surface area contributed by atoms with E-state index in [9.17, 15) is 18.7 Å². The molecule has 0 saturated carbocycles. The third-order valence-electron chi connectivity index (χ3n) is 6.52. The average Bonchev–Trinajstić information content (AvgIpc) is 3.47. The second-order valence-electron chi connectivity index (χ2n) is 8.28. The highest BCUT2D eigenvalue weighted by molar-refractivity contribution is 7.80. The van der Waals surface area contributed by atoms with Gasteiger partial charge >= 0.3 is 5.69 Å². The Bertz CT molecular complexity index is 1490. The zero-order valence-electron chi connectivity index (χ0n) is 17.2. The van der Waals surface area contributed by atoms with E-state index < -0.39 is 11.6 Å². The monoisotopic (exact) mass is 464 g/mol. The Labute approximate surface area is 192 Å². The minimum absolute atomic E-state index is 0.141. The maximum Gasteiger partial charge on any atom is 0.336 e. The summed E-state index contributed by atoms with van der Waals surface area (Å²) in [5.74, 6) is -1.64. The number of anilines is 1. The van der Waals surface area contributed by atoms with Gasteiger partial charge in [-0.25, -0.2) is 18.1 Å². The van der Waals surface area contributed by atoms with Crippen LogP contribution in [0, 0.1) is 11.6 Å². The number of likely N-dealkylation sites (tertiary alicyclic amines) is 1. The van der Waals surface area contributed by atoms with Gasteiger partial charge in [0.25, 0.3) is 0 Å². The maximum absolute atomic E-state index is 14.1. The van der Waals surface area contributed by atoms with E-state index in [2.05, 4.69) is 5.32 Å². The number of hydrogen-bond donors (Lipinski definition) is 2. The standard InChI is InChI=1S/C24H18F2N4O2S/c25-16-8-4-9-17(26)20(16)27-23(33)28-12-14-11-19(28)21-22(31)30(24(32)29(14)21)18-10-3-6-13-5-1-2-7-15(13)18/h1-10,14,19,31H,11-12H2,(H,27,33)/t14-,19?/m1/s1. The molecule has 3 heterocycles. The Kier molecular flexibility index (Phi) is 4.31. The van der Waals surface area contributed by atoms with Gasteiger partial charge in [-0.15, -0.1) is 0 Å². The van der Waals surface area contributed by atoms with Crippen LogP contribution < -0.4 is 11.0 Å². The maximum atomic E-state index is 14.1. The van der Waals surface area contributed by atoms with E-state index in [0.717, 1.165) is 22.9 Å². The highest BCUT2D eigenvalue weighted by atomic mass is 32.1. The number of thiocarbonyl (C=S) groups is 1. The van der Waals surface area contributed by atoms with Crippen LogP contribution in [0.4, 0.5) is 14.5 Å². The van der Waals surface area contributed by atoms with Gasteiger partial charge < -0.3 is 15.3 Å². The van der Waals surface area contributed by atoms with Crippen LogP contribution in [0.5, 0.6) is 5.88 Å². The number of aromatic hydroxyl groups is 1. The molecule has 1 saturated heterocycles. The predicted molar refractivity (Wildman–Crippen MR) is 125 cm³/mol. The van der Waals surface area contributed by atoms with E-state index in [0.29, 0.717) is 24.3 Å². The van der Waals surface area contributed by atoms with E-state index in [4.69, 9.17) is 12.2 Å². The normalized spacial score (nSPS) is 18.7. The largest absolute Gasteiger partial charge is 0.493 e. The summed E-state index contributed by atoms with van der Waals surface area (Å²) in [5, 5.41) is 15.8. The van der Waals surface area contributed by atoms with Gasteiger partial charge in [0, 0.05) is 11.9 Å². The van der Waals surface area contributed by atoms with Crippen molar-refractivity contribution in [3.05, 3.63) is 88.5 Å². The fourth-order valence-electron chi connectivity index (χ4n) is 5.09. The number of rotatable bonds is 2. The Morgan fingerprint density at radius 1 is 1.03 bits per heavy atom. The summed E-state index contributed by atoms with van der Waals surface area (Å²) in [7, 11) is 0. The molecule has 6 rings (SSSR count). The van der Waals surface area contributed by atoms with Crippen LogP contribution in [0.1, 0.15) is 24.2 Å². The number of nitrogens with one attached hydrogen (secondary N) is 1. The van der Waals surface area contributed by atoms with Crippen LogP contribution in [-0.2, 0) is 0 Å². The lowest BCUT2D eigenvalue weighted by Crippen LogP contribution is -2.40. The number of imidazole rings is 1. The molecular formula is C24H18F2N4O2S. The fraction of sp³-hybridized carbons (Fsp3) is 0.167. The molecule has 2 aliphatic rings. The van der Waals surface area contributed by atoms with E-state index in [1.807, 2.05) is 36.4 Å². The summed E-state index contributed by atoms with van der Waals surface area (Å²) in [6.07, 6.45) is 0.579. The van der Waals surface area contributed by atoms with Crippen molar-refractivity contribution in [2.24, 2.45) is 0 Å². The lowest BCUT2D eigenvalue weighted by molar-refractivity contribution is 0.341. The molecule has 3 aromatic carbocycles. The summed E-state index contributed by atoms with van der Waals surface area (Å²) in [6.45, 7) is 0.401. The summed E-state index contributed by atoms with van der Waals surface area (Å²) < 4.78 is 31.1. The molecule has 1 fully saturated rings. The molecule has 33 heavy (non-hydrogen) atoms. The van der Waals surface area contributed by atoms with Crippen LogP contribution in [0.15, 0.2) is 65.5 Å². The van der Waals surface area contributed by atoms with Crippen molar-refractivity contribution in [2.75, 3.05) is 11.9 Å². The first-order valence-electron chi connectivity index (χ1n) is 10.5. The summed E-state index contributed by atoms with van der Waals surface area (Å²) in [6, 6.07) is 16.2. The first-order chi connectivity index (χ1) is 16.0. The molecule has 9 heteroatoms. The van der Waals surface area contributed by atoms with Crippen molar-refractivity contribution in [2.45, 2.75) is 18.5 Å². The van der Waals surface area contributed by atoms with Crippen LogP contribution in [0.2, 0.25) is 0 Å². The Morgan fingerprint density at radius 3 is 2.52 bits per heavy atom. The Morgan fingerprint density at radius 2 is 1.73 bits per heavy atom. The molecular weight excluding hydrogens is 446 g/mol. The molecule has 2 N–H and O–H groups in total. The van der Waals surface area contributed by atoms with Crippen LogP contribution >= 0.6 is 12.2 Å². The number of benzene rings is 3. The molecule has 1 unspecified atom stereocenters. The van der Waals surface area contributed by atoms with Crippen LogP contribution in [0.25, 0.3) is 16.5 Å². The number of nitrogens with zero attached hydrogens (tertiary/aromatic N) is 3. The van der Waals surface area contributed by atoms with E-state index >= 15 is 0 Å². The van der Waals surface area contributed by atoms with Crippen molar-refractivity contribution < 1.29 is 13.9 Å². The van der Waals surface area contributed by atoms with Gasteiger partial charge in [-0.3, -0.25) is 4.57 Å². The quantitative estimate of drug-likeness (QED) is 0.429. The number of hydrogen-bond acceptors (Lipinski definition) is 3. The van der Waals surface area contributed by atoms with Crippen molar-refractivity contribution in [1.29, 1.82) is 0 Å². The molecule has 2 atom stereocenters. The fourth-order valence-corrected chi connectivity index (χ4v) is 5.39. The zero-order chi connectivity index (χ0) is 22.9. The van der Waals surface area contributed by atoms with Crippen LogP contribution in [0.3, 0.4) is 0 Å². The molecule has 1 aromatic heterocycles. The molecule has 0 radical (unpaired) electrons. The molecule has 0 spiro atoms. The van der Waals surface area contributed by atoms with Gasteiger partial charge in [0.1, 0.15) is 23.0 Å². The van der Waals surface area contributed by atoms with Gasteiger partial charge in [-0.2, -0.15) is 0 Å². The topological polar surface area (TPSA) is 62.4 Å². The third kappa shape index (κ3) is 2.82. The second kappa shape index (κ2) is 7.14. The second-order valence-corrected chi connectivity index (χ2v) is 8.67. The molecule has 0 amide bonds. The van der Waals surface area contributed by atoms with Gasteiger partial charge in [0.2, 0.25) is 5.88 Å². The van der Waals surface area contributed by atoms with Gasteiger partial charge in [-0.05, 0) is 42.2 Å². The van der Waals surface area contributed by atoms with E-state index in [1.165, 1.54) is 10.6 Å². The van der Waals surface area contributed by atoms with Crippen molar-refractivity contribution >= 4 is 33.8 Å². The smallest absolute Gasteiger partial charge is 0.336 e. The van der Waals surface area contributed by atoms with Crippen molar-refractivity contribution in [3.63, 3.8) is 0 Å².